The summed E-state index contributed by atoms with van der Waals surface area (Å²) in [7, 11) is -3.93. The Morgan fingerprint density at radius 1 is 1.04 bits per heavy atom. The molecule has 3 atom stereocenters. The second kappa shape index (κ2) is 7.76. The molecule has 0 aromatic heterocycles. The number of halogens is 1. The van der Waals surface area contributed by atoms with Crippen LogP contribution in [0, 0.1) is 11.8 Å². The maximum Gasteiger partial charge on any atom is 0.264 e. The predicted octanol–water partition coefficient (Wildman–Crippen LogP) is 3.84. The van der Waals surface area contributed by atoms with Gasteiger partial charge >= 0.3 is 0 Å². The van der Waals surface area contributed by atoms with Crippen LogP contribution in [0.2, 0.25) is 5.02 Å². The molecule has 2 aromatic rings. The Labute approximate surface area is 170 Å². The number of para-hydroxylation sites is 1. The van der Waals surface area contributed by atoms with Crippen LogP contribution >= 0.6 is 11.6 Å². The molecule has 5 nitrogen and oxygen atoms in total. The van der Waals surface area contributed by atoms with Crippen molar-refractivity contribution in [1.29, 1.82) is 0 Å². The van der Waals surface area contributed by atoms with E-state index in [-0.39, 0.29) is 28.4 Å². The van der Waals surface area contributed by atoms with Crippen molar-refractivity contribution in [2.45, 2.75) is 36.6 Å². The van der Waals surface area contributed by atoms with Crippen LogP contribution in [0.25, 0.3) is 0 Å². The second-order valence-electron chi connectivity index (χ2n) is 7.63. The lowest BCUT2D eigenvalue weighted by Crippen LogP contribution is -2.46. The number of rotatable bonds is 6. The first kappa shape index (κ1) is 19.3. The Morgan fingerprint density at radius 3 is 2.39 bits per heavy atom. The standard InChI is InChI=1S/C21H23ClN2O3S/c22-18-8-4-5-9-20(18)24(28(26,27)17-6-2-1-3-7-17)14-21(25)23-19-13-15-10-11-16(19)12-15/h1-9,15-16,19H,10-14H2,(H,23,25)/t15-,16-,19+/m0/s1. The molecular formula is C21H23ClN2O3S. The van der Waals surface area contributed by atoms with Gasteiger partial charge in [0.15, 0.2) is 0 Å². The van der Waals surface area contributed by atoms with E-state index in [9.17, 15) is 13.2 Å². The zero-order valence-electron chi connectivity index (χ0n) is 15.4. The monoisotopic (exact) mass is 418 g/mol. The van der Waals surface area contributed by atoms with Crippen LogP contribution in [0.3, 0.4) is 0 Å². The number of carbonyl (C=O) groups is 1. The van der Waals surface area contributed by atoms with Gasteiger partial charge in [-0.25, -0.2) is 8.42 Å². The molecule has 0 spiro atoms. The van der Waals surface area contributed by atoms with Gasteiger partial charge in [-0.2, -0.15) is 0 Å². The van der Waals surface area contributed by atoms with E-state index in [4.69, 9.17) is 11.6 Å². The normalized spacial score (nSPS) is 23.5. The molecule has 1 N–H and O–H groups in total. The molecule has 148 valence electrons. The minimum Gasteiger partial charge on any atom is -0.352 e. The summed E-state index contributed by atoms with van der Waals surface area (Å²) >= 11 is 6.28. The van der Waals surface area contributed by atoms with Crippen molar-refractivity contribution in [2.75, 3.05) is 10.8 Å². The lowest BCUT2D eigenvalue weighted by Gasteiger charge is -2.27. The summed E-state index contributed by atoms with van der Waals surface area (Å²) in [5.41, 5.74) is 0.302. The van der Waals surface area contributed by atoms with Crippen molar-refractivity contribution < 1.29 is 13.2 Å². The van der Waals surface area contributed by atoms with Crippen LogP contribution in [-0.2, 0) is 14.8 Å². The number of nitrogens with one attached hydrogen (secondary N) is 1. The van der Waals surface area contributed by atoms with Crippen LogP contribution in [0.1, 0.15) is 25.7 Å². The third-order valence-corrected chi connectivity index (χ3v) is 7.92. The Bertz CT molecular complexity index is 965. The van der Waals surface area contributed by atoms with Gasteiger partial charge in [-0.3, -0.25) is 9.10 Å². The van der Waals surface area contributed by atoms with E-state index < -0.39 is 10.0 Å². The number of hydrogen-bond acceptors (Lipinski definition) is 3. The van der Waals surface area contributed by atoms with Crippen LogP contribution < -0.4 is 9.62 Å². The third kappa shape index (κ3) is 3.76. The maximum absolute atomic E-state index is 13.3. The summed E-state index contributed by atoms with van der Waals surface area (Å²) in [6.45, 7) is -0.297. The van der Waals surface area contributed by atoms with E-state index in [0.29, 0.717) is 17.5 Å². The largest absolute Gasteiger partial charge is 0.352 e. The number of amides is 1. The molecule has 4 rings (SSSR count). The quantitative estimate of drug-likeness (QED) is 0.775. The van der Waals surface area contributed by atoms with Gasteiger partial charge in [-0.1, -0.05) is 48.4 Å². The van der Waals surface area contributed by atoms with Crippen molar-refractivity contribution in [3.63, 3.8) is 0 Å². The van der Waals surface area contributed by atoms with Gasteiger partial charge in [0.05, 0.1) is 15.6 Å². The molecule has 2 aromatic carbocycles. The van der Waals surface area contributed by atoms with Crippen LogP contribution in [0.15, 0.2) is 59.5 Å². The summed E-state index contributed by atoms with van der Waals surface area (Å²) in [5, 5.41) is 3.35. The van der Waals surface area contributed by atoms with Gasteiger partial charge in [0, 0.05) is 6.04 Å². The van der Waals surface area contributed by atoms with Gasteiger partial charge < -0.3 is 5.32 Å². The van der Waals surface area contributed by atoms with Gasteiger partial charge in [0.2, 0.25) is 5.91 Å². The molecule has 0 heterocycles. The van der Waals surface area contributed by atoms with Crippen molar-refractivity contribution in [2.24, 2.45) is 11.8 Å². The molecule has 2 aliphatic carbocycles. The molecule has 1 amide bonds. The zero-order valence-corrected chi connectivity index (χ0v) is 17.0. The lowest BCUT2D eigenvalue weighted by atomic mass is 9.95. The molecule has 0 saturated heterocycles. The maximum atomic E-state index is 13.3. The SMILES string of the molecule is O=C(CN(c1ccccc1Cl)S(=O)(=O)c1ccccc1)N[C@@H]1C[C@H]2CC[C@H]1C2. The van der Waals surface area contributed by atoms with Crippen molar-refractivity contribution in [3.8, 4) is 0 Å². The number of hydrogen-bond donors (Lipinski definition) is 1. The Balaban J connectivity index is 1.60. The molecule has 0 aliphatic heterocycles. The molecule has 0 unspecified atom stereocenters. The highest BCUT2D eigenvalue weighted by atomic mass is 35.5. The molecule has 2 bridgehead atoms. The number of benzene rings is 2. The molecular weight excluding hydrogens is 396 g/mol. The summed E-state index contributed by atoms with van der Waals surface area (Å²) in [6, 6.07) is 14.9. The number of nitrogens with zero attached hydrogens (tertiary/aromatic N) is 1. The fourth-order valence-corrected chi connectivity index (χ4v) is 6.23. The van der Waals surface area contributed by atoms with Crippen LogP contribution in [0.4, 0.5) is 5.69 Å². The predicted molar refractivity (Wildman–Crippen MR) is 110 cm³/mol. The average Bonchev–Trinajstić information content (AvgIpc) is 3.30. The number of sulfonamides is 1. The van der Waals surface area contributed by atoms with Crippen molar-refractivity contribution in [3.05, 3.63) is 59.6 Å². The average molecular weight is 419 g/mol. The van der Waals surface area contributed by atoms with Crippen LogP contribution in [-0.4, -0.2) is 26.9 Å². The Morgan fingerprint density at radius 2 is 1.75 bits per heavy atom. The Kier molecular flexibility index (Phi) is 5.34. The van der Waals surface area contributed by atoms with Crippen molar-refractivity contribution >= 4 is 33.2 Å². The zero-order chi connectivity index (χ0) is 19.7. The summed E-state index contributed by atoms with van der Waals surface area (Å²) < 4.78 is 27.6. The molecule has 2 fully saturated rings. The highest BCUT2D eigenvalue weighted by molar-refractivity contribution is 7.92. The van der Waals surface area contributed by atoms with E-state index in [0.717, 1.165) is 17.1 Å². The highest BCUT2D eigenvalue weighted by Gasteiger charge is 2.40. The number of carbonyl (C=O) groups excluding carboxylic acids is 1. The minimum absolute atomic E-state index is 0.127. The highest BCUT2D eigenvalue weighted by Crippen LogP contribution is 2.44. The van der Waals surface area contributed by atoms with Gasteiger partial charge in [0.1, 0.15) is 6.54 Å². The topological polar surface area (TPSA) is 66.5 Å². The molecule has 7 heteroatoms. The van der Waals surface area contributed by atoms with E-state index >= 15 is 0 Å². The van der Waals surface area contributed by atoms with E-state index in [2.05, 4.69) is 5.32 Å². The van der Waals surface area contributed by atoms with Crippen LogP contribution in [0.5, 0.6) is 0 Å². The third-order valence-electron chi connectivity index (χ3n) is 5.82. The first-order chi connectivity index (χ1) is 13.4. The second-order valence-corrected chi connectivity index (χ2v) is 9.89. The fraction of sp³-hybridized carbons (Fsp3) is 0.381. The van der Waals surface area contributed by atoms with Crippen molar-refractivity contribution in [1.82, 2.24) is 5.32 Å². The number of fused-ring (bicyclic) bond motifs is 2. The van der Waals surface area contributed by atoms with E-state index in [1.54, 1.807) is 42.5 Å². The van der Waals surface area contributed by atoms with E-state index in [1.165, 1.54) is 25.0 Å². The summed E-state index contributed by atoms with van der Waals surface area (Å²) in [5.74, 6) is 0.924. The first-order valence-electron chi connectivity index (χ1n) is 9.57. The molecule has 2 aliphatic rings. The lowest BCUT2D eigenvalue weighted by molar-refractivity contribution is -0.120. The number of anilines is 1. The van der Waals surface area contributed by atoms with Gasteiger partial charge in [0.25, 0.3) is 10.0 Å². The van der Waals surface area contributed by atoms with E-state index in [1.807, 2.05) is 0 Å². The first-order valence-corrected chi connectivity index (χ1v) is 11.4. The fourth-order valence-electron chi connectivity index (χ4n) is 4.48. The van der Waals surface area contributed by atoms with Gasteiger partial charge in [-0.15, -0.1) is 0 Å². The van der Waals surface area contributed by atoms with Gasteiger partial charge in [-0.05, 0) is 55.4 Å². The smallest absolute Gasteiger partial charge is 0.264 e. The minimum atomic E-state index is -3.93. The Hall–Kier alpha value is -2.05. The molecule has 0 radical (unpaired) electrons. The molecule has 28 heavy (non-hydrogen) atoms. The summed E-state index contributed by atoms with van der Waals surface area (Å²) in [6.07, 6.45) is 4.55. The summed E-state index contributed by atoms with van der Waals surface area (Å²) in [4.78, 5) is 12.9. The molecule has 2 saturated carbocycles.